The fourth-order valence-electron chi connectivity index (χ4n) is 2.89. The van der Waals surface area contributed by atoms with Gasteiger partial charge in [-0.1, -0.05) is 12.1 Å². The summed E-state index contributed by atoms with van der Waals surface area (Å²) in [4.78, 5) is 8.03. The Morgan fingerprint density at radius 2 is 2.29 bits per heavy atom. The zero-order chi connectivity index (χ0) is 16.8. The molecule has 128 valence electrons. The lowest BCUT2D eigenvalue weighted by atomic mass is 10.2. The van der Waals surface area contributed by atoms with Crippen molar-refractivity contribution in [3.63, 3.8) is 0 Å². The van der Waals surface area contributed by atoms with Gasteiger partial charge >= 0.3 is 0 Å². The minimum atomic E-state index is 0.394. The molecular formula is C18H24N4OS. The van der Waals surface area contributed by atoms with Crippen molar-refractivity contribution in [1.29, 1.82) is 0 Å². The molecule has 2 N–H and O–H groups in total. The molecule has 6 heteroatoms. The van der Waals surface area contributed by atoms with Crippen molar-refractivity contribution in [2.75, 3.05) is 32.1 Å². The Kier molecular flexibility index (Phi) is 5.59. The van der Waals surface area contributed by atoms with Crippen LogP contribution < -0.4 is 20.3 Å². The molecule has 1 aromatic carbocycles. The van der Waals surface area contributed by atoms with E-state index in [1.54, 1.807) is 18.4 Å². The minimum absolute atomic E-state index is 0.394. The summed E-state index contributed by atoms with van der Waals surface area (Å²) < 4.78 is 5.32. The van der Waals surface area contributed by atoms with Crippen LogP contribution in [0.15, 0.2) is 46.8 Å². The Morgan fingerprint density at radius 1 is 1.38 bits per heavy atom. The van der Waals surface area contributed by atoms with Gasteiger partial charge in [0, 0.05) is 42.8 Å². The van der Waals surface area contributed by atoms with E-state index in [4.69, 9.17) is 4.74 Å². The maximum atomic E-state index is 5.32. The Labute approximate surface area is 147 Å². The summed E-state index contributed by atoms with van der Waals surface area (Å²) in [7, 11) is 3.52. The monoisotopic (exact) mass is 344 g/mol. The summed E-state index contributed by atoms with van der Waals surface area (Å²) >= 11 is 1.75. The molecule has 1 fully saturated rings. The van der Waals surface area contributed by atoms with E-state index in [2.05, 4.69) is 50.2 Å². The summed E-state index contributed by atoms with van der Waals surface area (Å²) in [6.45, 7) is 2.81. The maximum Gasteiger partial charge on any atom is 0.191 e. The number of nitrogens with one attached hydrogen (secondary N) is 2. The van der Waals surface area contributed by atoms with E-state index in [1.165, 1.54) is 10.6 Å². The van der Waals surface area contributed by atoms with Crippen LogP contribution >= 0.6 is 11.3 Å². The van der Waals surface area contributed by atoms with Crippen LogP contribution in [0.4, 0.5) is 5.69 Å². The van der Waals surface area contributed by atoms with Crippen molar-refractivity contribution in [3.8, 4) is 5.75 Å². The van der Waals surface area contributed by atoms with Crippen LogP contribution in [0.2, 0.25) is 0 Å². The quantitative estimate of drug-likeness (QED) is 0.647. The predicted molar refractivity (Wildman–Crippen MR) is 101 cm³/mol. The summed E-state index contributed by atoms with van der Waals surface area (Å²) in [5, 5.41) is 9.00. The van der Waals surface area contributed by atoms with Crippen molar-refractivity contribution >= 4 is 23.0 Å². The molecule has 1 atom stereocenters. The third-order valence-electron chi connectivity index (χ3n) is 4.18. The molecule has 3 rings (SSSR count). The first-order chi connectivity index (χ1) is 11.8. The van der Waals surface area contributed by atoms with Gasteiger partial charge in [0.1, 0.15) is 5.75 Å². The van der Waals surface area contributed by atoms with Crippen LogP contribution in [-0.2, 0) is 6.54 Å². The van der Waals surface area contributed by atoms with Crippen LogP contribution in [0.1, 0.15) is 11.3 Å². The first-order valence-corrected chi connectivity index (χ1v) is 9.05. The van der Waals surface area contributed by atoms with Crippen LogP contribution in [0.25, 0.3) is 0 Å². The van der Waals surface area contributed by atoms with Crippen molar-refractivity contribution in [1.82, 2.24) is 10.6 Å². The van der Waals surface area contributed by atoms with Crippen molar-refractivity contribution in [3.05, 3.63) is 46.7 Å². The average Bonchev–Trinajstić information content (AvgIpc) is 3.30. The van der Waals surface area contributed by atoms with E-state index in [0.29, 0.717) is 6.04 Å². The smallest absolute Gasteiger partial charge is 0.191 e. The molecule has 0 amide bonds. The van der Waals surface area contributed by atoms with Gasteiger partial charge in [-0.2, -0.15) is 0 Å². The molecule has 0 spiro atoms. The number of ether oxygens (including phenoxy) is 1. The molecule has 1 aliphatic rings. The molecule has 5 nitrogen and oxygen atoms in total. The average molecular weight is 344 g/mol. The predicted octanol–water partition coefficient (Wildman–Crippen LogP) is 2.70. The normalized spacial score (nSPS) is 17.8. The second-order valence-electron chi connectivity index (χ2n) is 5.78. The number of guanidine groups is 1. The van der Waals surface area contributed by atoms with Gasteiger partial charge in [-0.3, -0.25) is 4.99 Å². The van der Waals surface area contributed by atoms with E-state index < -0.39 is 0 Å². The summed E-state index contributed by atoms with van der Waals surface area (Å²) in [6, 6.07) is 12.8. The molecule has 1 unspecified atom stereocenters. The molecule has 2 heterocycles. The van der Waals surface area contributed by atoms with E-state index in [1.807, 2.05) is 19.2 Å². The SMILES string of the molecule is CN=C(NCc1cccs1)NC1CCN(c2cccc(OC)c2)C1. The van der Waals surface area contributed by atoms with Gasteiger partial charge in [-0.05, 0) is 30.0 Å². The highest BCUT2D eigenvalue weighted by molar-refractivity contribution is 7.09. The van der Waals surface area contributed by atoms with Crippen LogP contribution in [0.3, 0.4) is 0 Å². The summed E-state index contributed by atoms with van der Waals surface area (Å²) in [6.07, 6.45) is 1.09. The number of anilines is 1. The Morgan fingerprint density at radius 3 is 3.04 bits per heavy atom. The fourth-order valence-corrected chi connectivity index (χ4v) is 3.54. The third kappa shape index (κ3) is 4.20. The summed E-state index contributed by atoms with van der Waals surface area (Å²) in [5.41, 5.74) is 1.21. The largest absolute Gasteiger partial charge is 0.497 e. The second kappa shape index (κ2) is 8.06. The number of benzene rings is 1. The second-order valence-corrected chi connectivity index (χ2v) is 6.81. The molecule has 0 bridgehead atoms. The molecule has 1 aromatic heterocycles. The van der Waals surface area contributed by atoms with Gasteiger partial charge in [-0.25, -0.2) is 0 Å². The van der Waals surface area contributed by atoms with Crippen molar-refractivity contribution < 1.29 is 4.74 Å². The van der Waals surface area contributed by atoms with E-state index >= 15 is 0 Å². The molecule has 24 heavy (non-hydrogen) atoms. The van der Waals surface area contributed by atoms with Gasteiger partial charge in [0.25, 0.3) is 0 Å². The van der Waals surface area contributed by atoms with Crippen LogP contribution in [-0.4, -0.2) is 39.2 Å². The number of aliphatic imine (C=N–C) groups is 1. The van der Waals surface area contributed by atoms with Gasteiger partial charge in [0.15, 0.2) is 5.96 Å². The fraction of sp³-hybridized carbons (Fsp3) is 0.389. The van der Waals surface area contributed by atoms with Crippen molar-refractivity contribution in [2.24, 2.45) is 4.99 Å². The molecule has 0 aliphatic carbocycles. The third-order valence-corrected chi connectivity index (χ3v) is 5.06. The van der Waals surface area contributed by atoms with Crippen molar-refractivity contribution in [2.45, 2.75) is 19.0 Å². The molecule has 1 aliphatic heterocycles. The number of thiophene rings is 1. The van der Waals surface area contributed by atoms with E-state index in [-0.39, 0.29) is 0 Å². The van der Waals surface area contributed by atoms with Crippen LogP contribution in [0, 0.1) is 0 Å². The zero-order valence-electron chi connectivity index (χ0n) is 14.2. The molecule has 2 aromatic rings. The van der Waals surface area contributed by atoms with Crippen LogP contribution in [0.5, 0.6) is 5.75 Å². The number of rotatable bonds is 5. The number of hydrogen-bond donors (Lipinski definition) is 2. The standard InChI is InChI=1S/C18H24N4OS/c1-19-18(20-12-17-7-4-10-24-17)21-14-8-9-22(13-14)15-5-3-6-16(11-15)23-2/h3-7,10-11,14H,8-9,12-13H2,1-2H3,(H2,19,20,21). The van der Waals surface area contributed by atoms with Gasteiger partial charge in [0.2, 0.25) is 0 Å². The topological polar surface area (TPSA) is 48.9 Å². The Balaban J connectivity index is 1.52. The first kappa shape index (κ1) is 16.6. The minimum Gasteiger partial charge on any atom is -0.497 e. The van der Waals surface area contributed by atoms with Gasteiger partial charge in [0.05, 0.1) is 13.7 Å². The van der Waals surface area contributed by atoms with E-state index in [0.717, 1.165) is 37.8 Å². The lowest BCUT2D eigenvalue weighted by molar-refractivity contribution is 0.415. The van der Waals surface area contributed by atoms with Gasteiger partial charge < -0.3 is 20.3 Å². The van der Waals surface area contributed by atoms with Gasteiger partial charge in [-0.15, -0.1) is 11.3 Å². The zero-order valence-corrected chi connectivity index (χ0v) is 15.0. The Bertz CT molecular complexity index is 671. The highest BCUT2D eigenvalue weighted by Gasteiger charge is 2.23. The number of hydrogen-bond acceptors (Lipinski definition) is 4. The molecule has 1 saturated heterocycles. The molecule has 0 radical (unpaired) electrons. The highest BCUT2D eigenvalue weighted by atomic mass is 32.1. The molecule has 0 saturated carbocycles. The highest BCUT2D eigenvalue weighted by Crippen LogP contribution is 2.24. The Hall–Kier alpha value is -2.21. The molecular weight excluding hydrogens is 320 g/mol. The lowest BCUT2D eigenvalue weighted by Crippen LogP contribution is -2.44. The number of methoxy groups -OCH3 is 1. The lowest BCUT2D eigenvalue weighted by Gasteiger charge is -2.20. The van der Waals surface area contributed by atoms with E-state index in [9.17, 15) is 0 Å². The maximum absolute atomic E-state index is 5.32. The first-order valence-electron chi connectivity index (χ1n) is 8.17. The summed E-state index contributed by atoms with van der Waals surface area (Å²) in [5.74, 6) is 1.76. The number of nitrogens with zero attached hydrogens (tertiary/aromatic N) is 2.